The first-order valence-electron chi connectivity index (χ1n) is 5.27. The molecule has 0 bridgehead atoms. The van der Waals surface area contributed by atoms with Crippen LogP contribution in [0.15, 0.2) is 0 Å². The number of methoxy groups -OCH3 is 1. The highest BCUT2D eigenvalue weighted by molar-refractivity contribution is 7.89. The molecular formula is C10H20N2O3S. The number of nitrogens with zero attached hydrogens (tertiary/aromatic N) is 2. The van der Waals surface area contributed by atoms with E-state index in [1.54, 1.807) is 0 Å². The normalized spacial score (nSPS) is 12.0. The minimum atomic E-state index is -3.26. The quantitative estimate of drug-likeness (QED) is 0.638. The van der Waals surface area contributed by atoms with Crippen molar-refractivity contribution in [1.29, 1.82) is 5.26 Å². The molecule has 0 heterocycles. The molecule has 0 atom stereocenters. The summed E-state index contributed by atoms with van der Waals surface area (Å²) in [5.74, 6) is 0.194. The molecule has 0 aliphatic heterocycles. The summed E-state index contributed by atoms with van der Waals surface area (Å²) in [6, 6.07) is 1.95. The summed E-state index contributed by atoms with van der Waals surface area (Å²) in [5, 5.41) is 8.49. The van der Waals surface area contributed by atoms with Gasteiger partial charge in [0.2, 0.25) is 10.0 Å². The molecule has 0 aliphatic rings. The lowest BCUT2D eigenvalue weighted by atomic mass is 10.3. The first kappa shape index (κ1) is 15.4. The number of nitriles is 1. The molecular weight excluding hydrogens is 228 g/mol. The van der Waals surface area contributed by atoms with Crippen LogP contribution in [-0.2, 0) is 14.8 Å². The summed E-state index contributed by atoms with van der Waals surface area (Å²) in [6.45, 7) is 4.62. The van der Waals surface area contributed by atoms with Crippen molar-refractivity contribution in [1.82, 2.24) is 4.31 Å². The predicted molar refractivity (Wildman–Crippen MR) is 62.3 cm³/mol. The van der Waals surface area contributed by atoms with Crippen LogP contribution in [0.1, 0.15) is 20.3 Å². The van der Waals surface area contributed by atoms with Crippen molar-refractivity contribution in [3.63, 3.8) is 0 Å². The highest BCUT2D eigenvalue weighted by Gasteiger charge is 2.22. The molecule has 0 aromatic carbocycles. The summed E-state index contributed by atoms with van der Waals surface area (Å²) in [5.41, 5.74) is 0. The third-order valence-corrected chi connectivity index (χ3v) is 4.20. The Bertz CT molecular complexity index is 319. The maximum Gasteiger partial charge on any atom is 0.214 e. The van der Waals surface area contributed by atoms with E-state index in [0.717, 1.165) is 0 Å². The van der Waals surface area contributed by atoms with Crippen LogP contribution in [0.3, 0.4) is 0 Å². The first-order chi connectivity index (χ1) is 7.44. The Kier molecular flexibility index (Phi) is 7.30. The number of hydrogen-bond acceptors (Lipinski definition) is 4. The van der Waals surface area contributed by atoms with E-state index in [-0.39, 0.29) is 24.6 Å². The van der Waals surface area contributed by atoms with Gasteiger partial charge in [0.25, 0.3) is 0 Å². The van der Waals surface area contributed by atoms with Crippen molar-refractivity contribution in [3.05, 3.63) is 0 Å². The molecule has 0 aliphatic carbocycles. The van der Waals surface area contributed by atoms with Crippen molar-refractivity contribution in [3.8, 4) is 6.07 Å². The van der Waals surface area contributed by atoms with E-state index in [1.165, 1.54) is 11.4 Å². The molecule has 0 N–H and O–H groups in total. The van der Waals surface area contributed by atoms with E-state index < -0.39 is 10.0 Å². The minimum absolute atomic E-state index is 0.0807. The highest BCUT2D eigenvalue weighted by Crippen LogP contribution is 2.07. The van der Waals surface area contributed by atoms with Gasteiger partial charge >= 0.3 is 0 Å². The highest BCUT2D eigenvalue weighted by atomic mass is 32.2. The lowest BCUT2D eigenvalue weighted by Gasteiger charge is -2.21. The zero-order valence-electron chi connectivity index (χ0n) is 10.1. The fourth-order valence-electron chi connectivity index (χ4n) is 1.28. The lowest BCUT2D eigenvalue weighted by Crippen LogP contribution is -2.37. The topological polar surface area (TPSA) is 70.4 Å². The smallest absolute Gasteiger partial charge is 0.214 e. The van der Waals surface area contributed by atoms with Gasteiger partial charge in [0.05, 0.1) is 18.4 Å². The Balaban J connectivity index is 4.53. The van der Waals surface area contributed by atoms with Crippen molar-refractivity contribution in [2.75, 3.05) is 32.6 Å². The molecule has 0 spiro atoms. The molecule has 16 heavy (non-hydrogen) atoms. The van der Waals surface area contributed by atoms with Crippen LogP contribution in [0.4, 0.5) is 0 Å². The number of sulfonamides is 1. The summed E-state index contributed by atoms with van der Waals surface area (Å²) in [6.07, 6.45) is 0.209. The van der Waals surface area contributed by atoms with E-state index in [2.05, 4.69) is 0 Å². The average molecular weight is 248 g/mol. The Morgan fingerprint density at radius 3 is 2.44 bits per heavy atom. The Morgan fingerprint density at radius 2 is 2.00 bits per heavy atom. The van der Waals surface area contributed by atoms with E-state index >= 15 is 0 Å². The van der Waals surface area contributed by atoms with Gasteiger partial charge < -0.3 is 4.74 Å². The van der Waals surface area contributed by atoms with Crippen LogP contribution in [-0.4, -0.2) is 45.3 Å². The molecule has 5 nitrogen and oxygen atoms in total. The monoisotopic (exact) mass is 248 g/mol. The molecule has 0 aromatic rings. The van der Waals surface area contributed by atoms with Gasteiger partial charge in [-0.2, -0.15) is 9.57 Å². The van der Waals surface area contributed by atoms with Crippen molar-refractivity contribution in [2.24, 2.45) is 5.92 Å². The van der Waals surface area contributed by atoms with E-state index in [1.807, 2.05) is 19.9 Å². The van der Waals surface area contributed by atoms with Crippen LogP contribution in [0, 0.1) is 17.2 Å². The van der Waals surface area contributed by atoms with Crippen LogP contribution in [0.25, 0.3) is 0 Å². The van der Waals surface area contributed by atoms with E-state index in [9.17, 15) is 8.42 Å². The van der Waals surface area contributed by atoms with Gasteiger partial charge in [-0.15, -0.1) is 0 Å². The van der Waals surface area contributed by atoms with Crippen molar-refractivity contribution >= 4 is 10.0 Å². The molecule has 0 rings (SSSR count). The van der Waals surface area contributed by atoms with Gasteiger partial charge in [-0.05, 0) is 5.92 Å². The van der Waals surface area contributed by atoms with Gasteiger partial charge in [0, 0.05) is 26.6 Å². The summed E-state index contributed by atoms with van der Waals surface area (Å²) in [4.78, 5) is 0. The molecule has 6 heteroatoms. The lowest BCUT2D eigenvalue weighted by molar-refractivity contribution is 0.179. The first-order valence-corrected chi connectivity index (χ1v) is 6.88. The maximum absolute atomic E-state index is 11.9. The largest absolute Gasteiger partial charge is 0.383 e. The van der Waals surface area contributed by atoms with Gasteiger partial charge in [-0.3, -0.25) is 0 Å². The van der Waals surface area contributed by atoms with Gasteiger partial charge in [0.15, 0.2) is 0 Å². The molecule has 0 saturated heterocycles. The van der Waals surface area contributed by atoms with Gasteiger partial charge in [-0.25, -0.2) is 8.42 Å². The molecule has 0 fully saturated rings. The van der Waals surface area contributed by atoms with E-state index in [4.69, 9.17) is 10.00 Å². The zero-order chi connectivity index (χ0) is 12.6. The van der Waals surface area contributed by atoms with Crippen LogP contribution < -0.4 is 0 Å². The molecule has 0 aromatic heterocycles. The zero-order valence-corrected chi connectivity index (χ0v) is 11.0. The second kappa shape index (κ2) is 7.60. The SMILES string of the molecule is COCCN(CCC#N)S(=O)(=O)CC(C)C. The third-order valence-electron chi connectivity index (χ3n) is 1.96. The van der Waals surface area contributed by atoms with Gasteiger partial charge in [-0.1, -0.05) is 13.8 Å². The molecule has 0 amide bonds. The van der Waals surface area contributed by atoms with Crippen LogP contribution >= 0.6 is 0 Å². The second-order valence-electron chi connectivity index (χ2n) is 3.97. The number of rotatable bonds is 8. The fraction of sp³-hybridized carbons (Fsp3) is 0.900. The number of hydrogen-bond donors (Lipinski definition) is 0. The standard InChI is InChI=1S/C10H20N2O3S/c1-10(2)9-16(13,14)12(6-4-5-11)7-8-15-3/h10H,4,6-9H2,1-3H3. The summed E-state index contributed by atoms with van der Waals surface area (Å²) in [7, 11) is -1.74. The third kappa shape index (κ3) is 6.05. The predicted octanol–water partition coefficient (Wildman–Crippen LogP) is 0.834. The summed E-state index contributed by atoms with van der Waals surface area (Å²) >= 11 is 0. The number of ether oxygens (including phenoxy) is 1. The van der Waals surface area contributed by atoms with E-state index in [0.29, 0.717) is 13.2 Å². The average Bonchev–Trinajstić information content (AvgIpc) is 2.15. The maximum atomic E-state index is 11.9. The Hall–Kier alpha value is -0.640. The molecule has 0 unspecified atom stereocenters. The Labute approximate surface area is 98.1 Å². The van der Waals surface area contributed by atoms with Crippen LogP contribution in [0.5, 0.6) is 0 Å². The summed E-state index contributed by atoms with van der Waals surface area (Å²) < 4.78 is 30.0. The second-order valence-corrected chi connectivity index (χ2v) is 5.99. The fourth-order valence-corrected chi connectivity index (χ4v) is 3.06. The molecule has 0 radical (unpaired) electrons. The van der Waals surface area contributed by atoms with Crippen molar-refractivity contribution in [2.45, 2.75) is 20.3 Å². The molecule has 0 saturated carbocycles. The van der Waals surface area contributed by atoms with Crippen LogP contribution in [0.2, 0.25) is 0 Å². The minimum Gasteiger partial charge on any atom is -0.383 e. The Morgan fingerprint density at radius 1 is 1.38 bits per heavy atom. The molecule has 94 valence electrons. The van der Waals surface area contributed by atoms with Gasteiger partial charge in [0.1, 0.15) is 0 Å². The van der Waals surface area contributed by atoms with Crippen molar-refractivity contribution < 1.29 is 13.2 Å².